The highest BCUT2D eigenvalue weighted by atomic mass is 35.5. The van der Waals surface area contributed by atoms with Crippen molar-refractivity contribution in [1.82, 2.24) is 0 Å². The van der Waals surface area contributed by atoms with Gasteiger partial charge in [-0.15, -0.1) is 0 Å². The van der Waals surface area contributed by atoms with E-state index in [4.69, 9.17) is 21.1 Å². The summed E-state index contributed by atoms with van der Waals surface area (Å²) in [6, 6.07) is 10.2. The molecular formula is C15H13ClN2O3. The van der Waals surface area contributed by atoms with Gasteiger partial charge in [-0.2, -0.15) is 0 Å². The Balaban J connectivity index is 1.67. The van der Waals surface area contributed by atoms with E-state index in [0.717, 1.165) is 5.56 Å². The molecule has 0 atom stereocenters. The maximum absolute atomic E-state index is 11.9. The van der Waals surface area contributed by atoms with Crippen molar-refractivity contribution in [2.75, 3.05) is 17.4 Å². The Morgan fingerprint density at radius 3 is 2.48 bits per heavy atom. The SMILES string of the molecule is Cc1ccc(NC(=O)Nc2ccc3c(c2)OCO3)cc1Cl. The van der Waals surface area contributed by atoms with Gasteiger partial charge in [0.05, 0.1) is 0 Å². The first-order chi connectivity index (χ1) is 10.1. The number of anilines is 2. The first-order valence-corrected chi connectivity index (χ1v) is 6.73. The molecule has 0 radical (unpaired) electrons. The molecule has 0 unspecified atom stereocenters. The second-order valence-corrected chi connectivity index (χ2v) is 5.02. The van der Waals surface area contributed by atoms with E-state index in [1.54, 1.807) is 30.3 Å². The number of ether oxygens (including phenoxy) is 2. The van der Waals surface area contributed by atoms with E-state index in [9.17, 15) is 4.79 Å². The first kappa shape index (κ1) is 13.6. The lowest BCUT2D eigenvalue weighted by Crippen LogP contribution is -2.19. The van der Waals surface area contributed by atoms with Crippen molar-refractivity contribution in [3.63, 3.8) is 0 Å². The molecule has 3 rings (SSSR count). The average molecular weight is 305 g/mol. The van der Waals surface area contributed by atoms with E-state index in [1.807, 2.05) is 13.0 Å². The predicted molar refractivity (Wildman–Crippen MR) is 81.4 cm³/mol. The molecule has 1 aliphatic rings. The van der Waals surface area contributed by atoms with Crippen LogP contribution in [0.2, 0.25) is 5.02 Å². The summed E-state index contributed by atoms with van der Waals surface area (Å²) in [7, 11) is 0. The number of benzene rings is 2. The van der Waals surface area contributed by atoms with Crippen LogP contribution in [-0.2, 0) is 0 Å². The number of urea groups is 1. The van der Waals surface area contributed by atoms with Crippen molar-refractivity contribution in [2.24, 2.45) is 0 Å². The van der Waals surface area contributed by atoms with Gasteiger partial charge in [0.25, 0.3) is 0 Å². The monoisotopic (exact) mass is 304 g/mol. The molecule has 6 heteroatoms. The Morgan fingerprint density at radius 1 is 1.05 bits per heavy atom. The fourth-order valence-electron chi connectivity index (χ4n) is 1.94. The van der Waals surface area contributed by atoms with Crippen molar-refractivity contribution >= 4 is 29.0 Å². The second-order valence-electron chi connectivity index (χ2n) is 4.61. The van der Waals surface area contributed by atoms with Crippen LogP contribution < -0.4 is 20.1 Å². The van der Waals surface area contributed by atoms with Crippen molar-refractivity contribution < 1.29 is 14.3 Å². The standard InChI is InChI=1S/C15H13ClN2O3/c1-9-2-3-10(6-12(9)16)17-15(19)18-11-4-5-13-14(7-11)21-8-20-13/h2-7H,8H2,1H3,(H2,17,18,19). The van der Waals surface area contributed by atoms with Crippen LogP contribution in [-0.4, -0.2) is 12.8 Å². The molecule has 2 aromatic rings. The van der Waals surface area contributed by atoms with Gasteiger partial charge in [-0.1, -0.05) is 17.7 Å². The van der Waals surface area contributed by atoms with Crippen molar-refractivity contribution in [2.45, 2.75) is 6.92 Å². The number of nitrogens with one attached hydrogen (secondary N) is 2. The smallest absolute Gasteiger partial charge is 0.323 e. The molecule has 0 saturated carbocycles. The second kappa shape index (κ2) is 5.54. The highest BCUT2D eigenvalue weighted by molar-refractivity contribution is 6.31. The lowest BCUT2D eigenvalue weighted by Gasteiger charge is -2.09. The van der Waals surface area contributed by atoms with Gasteiger partial charge >= 0.3 is 6.03 Å². The summed E-state index contributed by atoms with van der Waals surface area (Å²) in [6.45, 7) is 2.10. The van der Waals surface area contributed by atoms with Gasteiger partial charge < -0.3 is 20.1 Å². The average Bonchev–Trinajstić information content (AvgIpc) is 2.90. The van der Waals surface area contributed by atoms with Gasteiger partial charge in [0, 0.05) is 22.5 Å². The summed E-state index contributed by atoms with van der Waals surface area (Å²) in [5.41, 5.74) is 2.21. The molecule has 1 heterocycles. The van der Waals surface area contributed by atoms with Crippen LogP contribution >= 0.6 is 11.6 Å². The van der Waals surface area contributed by atoms with Crippen LogP contribution in [0.5, 0.6) is 11.5 Å². The molecule has 108 valence electrons. The zero-order valence-electron chi connectivity index (χ0n) is 11.3. The molecule has 21 heavy (non-hydrogen) atoms. The van der Waals surface area contributed by atoms with Crippen LogP contribution in [0.1, 0.15) is 5.56 Å². The molecule has 5 nitrogen and oxygen atoms in total. The molecule has 0 bridgehead atoms. The summed E-state index contributed by atoms with van der Waals surface area (Å²) in [6.07, 6.45) is 0. The third-order valence-electron chi connectivity index (χ3n) is 3.06. The Bertz CT molecular complexity index is 703. The van der Waals surface area contributed by atoms with Gasteiger partial charge in [0.15, 0.2) is 11.5 Å². The molecule has 0 spiro atoms. The maximum atomic E-state index is 11.9. The molecule has 0 aliphatic carbocycles. The third-order valence-corrected chi connectivity index (χ3v) is 3.47. The van der Waals surface area contributed by atoms with Gasteiger partial charge in [0.1, 0.15) is 0 Å². The molecule has 0 aromatic heterocycles. The van der Waals surface area contributed by atoms with E-state index in [-0.39, 0.29) is 12.8 Å². The van der Waals surface area contributed by atoms with Gasteiger partial charge in [-0.25, -0.2) is 4.79 Å². The number of fused-ring (bicyclic) bond motifs is 1. The number of aryl methyl sites for hydroxylation is 1. The van der Waals surface area contributed by atoms with Gasteiger partial charge in [-0.3, -0.25) is 0 Å². The molecule has 2 aromatic carbocycles. The third kappa shape index (κ3) is 3.03. The van der Waals surface area contributed by atoms with Crippen LogP contribution in [0, 0.1) is 6.92 Å². The molecule has 0 saturated heterocycles. The Labute approximate surface area is 126 Å². The lowest BCUT2D eigenvalue weighted by molar-refractivity contribution is 0.174. The van der Waals surface area contributed by atoms with E-state index in [0.29, 0.717) is 27.9 Å². The quantitative estimate of drug-likeness (QED) is 0.881. The fraction of sp³-hybridized carbons (Fsp3) is 0.133. The van der Waals surface area contributed by atoms with Crippen LogP contribution in [0.15, 0.2) is 36.4 Å². The zero-order chi connectivity index (χ0) is 14.8. The summed E-state index contributed by atoms with van der Waals surface area (Å²) >= 11 is 6.02. The molecule has 0 fully saturated rings. The maximum Gasteiger partial charge on any atom is 0.323 e. The fourth-order valence-corrected chi connectivity index (χ4v) is 2.12. The molecule has 2 N–H and O–H groups in total. The van der Waals surface area contributed by atoms with E-state index >= 15 is 0 Å². The topological polar surface area (TPSA) is 59.6 Å². The highest BCUT2D eigenvalue weighted by Gasteiger charge is 2.14. The Kier molecular flexibility index (Phi) is 3.58. The minimum absolute atomic E-state index is 0.201. The molecule has 2 amide bonds. The normalized spacial score (nSPS) is 12.1. The summed E-state index contributed by atoms with van der Waals surface area (Å²) in [4.78, 5) is 11.9. The van der Waals surface area contributed by atoms with Crippen molar-refractivity contribution in [3.05, 3.63) is 47.0 Å². The number of rotatable bonds is 2. The van der Waals surface area contributed by atoms with Crippen molar-refractivity contribution in [1.29, 1.82) is 0 Å². The molecular weight excluding hydrogens is 292 g/mol. The number of hydrogen-bond acceptors (Lipinski definition) is 3. The largest absolute Gasteiger partial charge is 0.454 e. The Morgan fingerprint density at radius 2 is 1.71 bits per heavy atom. The minimum atomic E-state index is -0.353. The van der Waals surface area contributed by atoms with Crippen LogP contribution in [0.3, 0.4) is 0 Å². The number of carbonyl (C=O) groups excluding carboxylic acids is 1. The summed E-state index contributed by atoms with van der Waals surface area (Å²) in [5, 5.41) is 6.05. The Hall–Kier alpha value is -2.40. The highest BCUT2D eigenvalue weighted by Crippen LogP contribution is 2.34. The molecule has 1 aliphatic heterocycles. The van der Waals surface area contributed by atoms with Crippen molar-refractivity contribution in [3.8, 4) is 11.5 Å². The van der Waals surface area contributed by atoms with E-state index in [2.05, 4.69) is 10.6 Å². The lowest BCUT2D eigenvalue weighted by atomic mass is 10.2. The van der Waals surface area contributed by atoms with Gasteiger partial charge in [-0.05, 0) is 36.8 Å². The number of hydrogen-bond donors (Lipinski definition) is 2. The van der Waals surface area contributed by atoms with E-state index < -0.39 is 0 Å². The van der Waals surface area contributed by atoms with E-state index in [1.165, 1.54) is 0 Å². The first-order valence-electron chi connectivity index (χ1n) is 6.35. The number of halogens is 1. The number of amides is 2. The predicted octanol–water partition coefficient (Wildman–Crippen LogP) is 4.02. The van der Waals surface area contributed by atoms with Crippen LogP contribution in [0.4, 0.5) is 16.2 Å². The summed E-state index contributed by atoms with van der Waals surface area (Å²) < 4.78 is 10.5. The summed E-state index contributed by atoms with van der Waals surface area (Å²) in [5.74, 6) is 1.29. The zero-order valence-corrected chi connectivity index (χ0v) is 12.0. The van der Waals surface area contributed by atoms with Gasteiger partial charge in [0.2, 0.25) is 6.79 Å². The number of carbonyl (C=O) groups is 1. The van der Waals surface area contributed by atoms with Crippen LogP contribution in [0.25, 0.3) is 0 Å². The minimum Gasteiger partial charge on any atom is -0.454 e.